The van der Waals surface area contributed by atoms with Gasteiger partial charge in [0.1, 0.15) is 0 Å². The maximum atomic E-state index is 12.4. The number of hydrogen-bond acceptors (Lipinski definition) is 4. The minimum atomic E-state index is -0.744. The summed E-state index contributed by atoms with van der Waals surface area (Å²) in [6.45, 7) is 4.26. The lowest BCUT2D eigenvalue weighted by Crippen LogP contribution is -2.46. The van der Waals surface area contributed by atoms with Gasteiger partial charge in [0.05, 0.1) is 31.3 Å². The molecule has 0 bridgehead atoms. The predicted molar refractivity (Wildman–Crippen MR) is 236 cm³/mol. The molecule has 3 atom stereocenters. The zero-order chi connectivity index (χ0) is 39.4. The van der Waals surface area contributed by atoms with E-state index in [0.29, 0.717) is 12.8 Å². The zero-order valence-electron chi connectivity index (χ0n) is 36.6. The Kier molecular flexibility index (Phi) is 44.0. The monoisotopic (exact) mass is 764 g/mol. The van der Waals surface area contributed by atoms with Gasteiger partial charge in [-0.3, -0.25) is 4.79 Å². The molecule has 54 heavy (non-hydrogen) atoms. The number of nitrogens with one attached hydrogen (secondary N) is 1. The lowest BCUT2D eigenvalue weighted by molar-refractivity contribution is -0.125. The van der Waals surface area contributed by atoms with Crippen molar-refractivity contribution < 1.29 is 20.1 Å². The highest BCUT2D eigenvalue weighted by atomic mass is 16.3. The van der Waals surface area contributed by atoms with Crippen LogP contribution in [0.25, 0.3) is 0 Å². The highest BCUT2D eigenvalue weighted by molar-refractivity contribution is 5.76. The van der Waals surface area contributed by atoms with Crippen LogP contribution in [0.5, 0.6) is 0 Å². The Balaban J connectivity index is 3.47. The number of carbonyl (C=O) groups excluding carboxylic acids is 1. The molecule has 1 amide bonds. The third-order valence-electron chi connectivity index (χ3n) is 11.6. The maximum absolute atomic E-state index is 12.4. The van der Waals surface area contributed by atoms with E-state index in [2.05, 4.69) is 31.3 Å². The quantitative estimate of drug-likeness (QED) is 0.0367. The summed E-state index contributed by atoms with van der Waals surface area (Å²) in [5, 5.41) is 33.3. The van der Waals surface area contributed by atoms with Crippen molar-refractivity contribution in [3.05, 3.63) is 12.2 Å². The van der Waals surface area contributed by atoms with E-state index >= 15 is 0 Å². The molecule has 0 aliphatic carbocycles. The Morgan fingerprint density at radius 1 is 0.444 bits per heavy atom. The van der Waals surface area contributed by atoms with E-state index < -0.39 is 18.2 Å². The first-order valence-corrected chi connectivity index (χ1v) is 24.5. The fourth-order valence-electron chi connectivity index (χ4n) is 7.81. The molecule has 5 nitrogen and oxygen atoms in total. The van der Waals surface area contributed by atoms with Gasteiger partial charge in [-0.05, 0) is 38.5 Å². The van der Waals surface area contributed by atoms with Crippen molar-refractivity contribution in [1.29, 1.82) is 0 Å². The van der Waals surface area contributed by atoms with Crippen LogP contribution >= 0.6 is 0 Å². The van der Waals surface area contributed by atoms with Crippen LogP contribution in [0.1, 0.15) is 271 Å². The standard InChI is InChI=1S/C49H97NO4/c1-3-5-7-9-11-13-15-16-17-18-19-20-21-22-23-24-25-26-27-28-29-30-31-32-33-34-36-38-40-42-46(52)44-49(54)50-47(45-51)48(53)43-41-39-37-35-14-12-10-8-6-4-2/h22-23,46-48,51-53H,3-21,24-45H2,1-2H3,(H,50,54)/b23-22-. The van der Waals surface area contributed by atoms with Crippen LogP contribution in [-0.2, 0) is 4.79 Å². The summed E-state index contributed by atoms with van der Waals surface area (Å²) < 4.78 is 0. The molecule has 4 N–H and O–H groups in total. The van der Waals surface area contributed by atoms with Gasteiger partial charge in [0.2, 0.25) is 5.91 Å². The molecule has 0 aromatic rings. The molecule has 0 radical (unpaired) electrons. The van der Waals surface area contributed by atoms with Gasteiger partial charge in [-0.25, -0.2) is 0 Å². The van der Waals surface area contributed by atoms with Crippen LogP contribution in [0.4, 0.5) is 0 Å². The fourth-order valence-corrected chi connectivity index (χ4v) is 7.81. The fraction of sp³-hybridized carbons (Fsp3) is 0.939. The number of rotatable bonds is 45. The van der Waals surface area contributed by atoms with Crippen LogP contribution in [0.3, 0.4) is 0 Å². The minimum absolute atomic E-state index is 0.0397. The summed E-state index contributed by atoms with van der Waals surface area (Å²) in [6, 6.07) is -0.653. The van der Waals surface area contributed by atoms with Crippen molar-refractivity contribution in [3.63, 3.8) is 0 Å². The summed E-state index contributed by atoms with van der Waals surface area (Å²) in [6.07, 6.45) is 53.6. The third kappa shape index (κ3) is 40.7. The number of aliphatic hydroxyl groups is 3. The van der Waals surface area contributed by atoms with Gasteiger partial charge in [0.25, 0.3) is 0 Å². The van der Waals surface area contributed by atoms with Crippen LogP contribution in [0.15, 0.2) is 12.2 Å². The predicted octanol–water partition coefficient (Wildman–Crippen LogP) is 14.4. The Labute approximate surface area is 338 Å². The lowest BCUT2D eigenvalue weighted by Gasteiger charge is -2.23. The first kappa shape index (κ1) is 53.1. The Bertz CT molecular complexity index is 758. The first-order valence-electron chi connectivity index (χ1n) is 24.5. The molecule has 0 rings (SSSR count). The molecule has 322 valence electrons. The SMILES string of the molecule is CCCCCCCCCCCCCC/C=C\CCCCCCCCCCCCCCCC(O)CC(=O)NC(CO)C(O)CCCCCCCCCCCC. The molecule has 0 aromatic heterocycles. The van der Waals surface area contributed by atoms with Crippen molar-refractivity contribution in [1.82, 2.24) is 5.32 Å². The van der Waals surface area contributed by atoms with E-state index in [-0.39, 0.29) is 18.9 Å². The number of unbranched alkanes of at least 4 members (excludes halogenated alkanes) is 34. The number of hydrogen-bond donors (Lipinski definition) is 4. The highest BCUT2D eigenvalue weighted by Crippen LogP contribution is 2.17. The Hall–Kier alpha value is -0.910. The molecule has 0 aliphatic heterocycles. The number of carbonyl (C=O) groups is 1. The van der Waals surface area contributed by atoms with Gasteiger partial charge in [-0.15, -0.1) is 0 Å². The van der Waals surface area contributed by atoms with Crippen molar-refractivity contribution in [2.75, 3.05) is 6.61 Å². The number of aliphatic hydroxyl groups excluding tert-OH is 3. The lowest BCUT2D eigenvalue weighted by atomic mass is 10.0. The highest BCUT2D eigenvalue weighted by Gasteiger charge is 2.21. The second-order valence-electron chi connectivity index (χ2n) is 17.1. The van der Waals surface area contributed by atoms with E-state index in [1.165, 1.54) is 212 Å². The van der Waals surface area contributed by atoms with Gasteiger partial charge < -0.3 is 20.6 Å². The van der Waals surface area contributed by atoms with E-state index in [0.717, 1.165) is 25.7 Å². The van der Waals surface area contributed by atoms with Gasteiger partial charge in [0.15, 0.2) is 0 Å². The van der Waals surface area contributed by atoms with E-state index in [1.54, 1.807) is 0 Å². The minimum Gasteiger partial charge on any atom is -0.394 e. The van der Waals surface area contributed by atoms with Crippen molar-refractivity contribution >= 4 is 5.91 Å². The van der Waals surface area contributed by atoms with Crippen molar-refractivity contribution in [2.45, 2.75) is 289 Å². The van der Waals surface area contributed by atoms with Crippen molar-refractivity contribution in [2.24, 2.45) is 0 Å². The van der Waals surface area contributed by atoms with Gasteiger partial charge in [-0.2, -0.15) is 0 Å². The van der Waals surface area contributed by atoms with Crippen LogP contribution in [0, 0.1) is 0 Å². The zero-order valence-corrected chi connectivity index (χ0v) is 36.6. The first-order chi connectivity index (χ1) is 26.5. The van der Waals surface area contributed by atoms with E-state index in [9.17, 15) is 20.1 Å². The summed E-state index contributed by atoms with van der Waals surface area (Å²) in [5.74, 6) is -0.281. The molecule has 0 heterocycles. The van der Waals surface area contributed by atoms with E-state index in [1.807, 2.05) is 0 Å². The Morgan fingerprint density at radius 2 is 0.741 bits per heavy atom. The topological polar surface area (TPSA) is 89.8 Å². The summed E-state index contributed by atoms with van der Waals surface area (Å²) in [4.78, 5) is 12.4. The van der Waals surface area contributed by atoms with Crippen LogP contribution in [-0.4, -0.2) is 46.1 Å². The van der Waals surface area contributed by atoms with Crippen molar-refractivity contribution in [3.8, 4) is 0 Å². The van der Waals surface area contributed by atoms with Gasteiger partial charge >= 0.3 is 0 Å². The molecule has 0 aliphatic rings. The van der Waals surface area contributed by atoms with Crippen LogP contribution < -0.4 is 5.32 Å². The molecule has 0 spiro atoms. The number of allylic oxidation sites excluding steroid dienone is 2. The van der Waals surface area contributed by atoms with E-state index in [4.69, 9.17) is 0 Å². The molecular formula is C49H97NO4. The molecular weight excluding hydrogens is 667 g/mol. The van der Waals surface area contributed by atoms with Crippen LogP contribution in [0.2, 0.25) is 0 Å². The van der Waals surface area contributed by atoms with Gasteiger partial charge in [-0.1, -0.05) is 238 Å². The Morgan fingerprint density at radius 3 is 1.07 bits per heavy atom. The van der Waals surface area contributed by atoms with Gasteiger partial charge in [0, 0.05) is 0 Å². The summed E-state index contributed by atoms with van der Waals surface area (Å²) in [5.41, 5.74) is 0. The molecule has 3 unspecified atom stereocenters. The summed E-state index contributed by atoms with van der Waals surface area (Å²) >= 11 is 0. The number of amides is 1. The molecule has 0 aromatic carbocycles. The maximum Gasteiger partial charge on any atom is 0.222 e. The molecule has 5 heteroatoms. The second kappa shape index (κ2) is 44.8. The summed E-state index contributed by atoms with van der Waals surface area (Å²) in [7, 11) is 0. The average Bonchev–Trinajstić information content (AvgIpc) is 3.16. The average molecular weight is 764 g/mol. The smallest absolute Gasteiger partial charge is 0.222 e. The molecule has 0 saturated heterocycles. The molecule has 0 fully saturated rings. The molecule has 0 saturated carbocycles. The third-order valence-corrected chi connectivity index (χ3v) is 11.6. The largest absolute Gasteiger partial charge is 0.394 e. The second-order valence-corrected chi connectivity index (χ2v) is 17.1. The normalized spacial score (nSPS) is 13.5.